The largest absolute Gasteiger partial charge is 0.477 e. The molecule has 0 bridgehead atoms. The predicted octanol–water partition coefficient (Wildman–Crippen LogP) is 3.31. The molecule has 0 aliphatic rings. The Morgan fingerprint density at radius 2 is 2.26 bits per heavy atom. The summed E-state index contributed by atoms with van der Waals surface area (Å²) in [6, 6.07) is 1.47. The number of hydrogen-bond acceptors (Lipinski definition) is 3. The average Bonchev–Trinajstić information content (AvgIpc) is 2.31. The lowest BCUT2D eigenvalue weighted by atomic mass is 10.2. The molecule has 3 nitrogen and oxygen atoms in total. The lowest BCUT2D eigenvalue weighted by Gasteiger charge is -2.12. The van der Waals surface area contributed by atoms with Crippen LogP contribution in [-0.4, -0.2) is 18.1 Å². The van der Waals surface area contributed by atoms with E-state index in [9.17, 15) is 4.39 Å². The lowest BCUT2D eigenvalue weighted by molar-refractivity contribution is 0.303. The van der Waals surface area contributed by atoms with Gasteiger partial charge >= 0.3 is 0 Å². The summed E-state index contributed by atoms with van der Waals surface area (Å²) >= 11 is 0. The zero-order valence-electron chi connectivity index (χ0n) is 12.0. The van der Waals surface area contributed by atoms with Gasteiger partial charge in [-0.1, -0.05) is 19.4 Å². The second-order valence-electron chi connectivity index (χ2n) is 5.20. The molecule has 1 heterocycles. The highest BCUT2D eigenvalue weighted by molar-refractivity contribution is 5.26. The van der Waals surface area contributed by atoms with Crippen molar-refractivity contribution in [3.8, 4) is 5.88 Å². The number of pyridine rings is 1. The van der Waals surface area contributed by atoms with Gasteiger partial charge in [0.15, 0.2) is 0 Å². The molecule has 0 spiro atoms. The van der Waals surface area contributed by atoms with E-state index in [4.69, 9.17) is 4.74 Å². The number of nitrogens with zero attached hydrogens (tertiary/aromatic N) is 1. The quantitative estimate of drug-likeness (QED) is 0.733. The van der Waals surface area contributed by atoms with Gasteiger partial charge in [-0.15, -0.1) is 6.58 Å². The molecule has 19 heavy (non-hydrogen) atoms. The smallest absolute Gasteiger partial charge is 0.218 e. The van der Waals surface area contributed by atoms with Crippen LogP contribution in [0.4, 0.5) is 4.39 Å². The second-order valence-corrected chi connectivity index (χ2v) is 5.20. The first kappa shape index (κ1) is 15.6. The first-order chi connectivity index (χ1) is 8.99. The lowest BCUT2D eigenvalue weighted by Crippen LogP contribution is -2.20. The fourth-order valence-electron chi connectivity index (χ4n) is 1.54. The number of aromatic nitrogens is 1. The summed E-state index contributed by atoms with van der Waals surface area (Å²) in [6.07, 6.45) is 1.96. The Bertz CT molecular complexity index is 419. The summed E-state index contributed by atoms with van der Waals surface area (Å²) in [5.74, 6) is 0.710. The third-order valence-electron chi connectivity index (χ3n) is 2.53. The Balaban J connectivity index is 2.60. The maximum Gasteiger partial charge on any atom is 0.218 e. The molecule has 0 atom stereocenters. The normalized spacial score (nSPS) is 10.8. The zero-order chi connectivity index (χ0) is 14.3. The van der Waals surface area contributed by atoms with E-state index < -0.39 is 0 Å². The molecule has 0 amide bonds. The SMILES string of the molecule is C=C(C)CCOc1ncc(F)cc1CNCC(C)C. The molecule has 0 fully saturated rings. The Morgan fingerprint density at radius 1 is 1.53 bits per heavy atom. The molecular weight excluding hydrogens is 243 g/mol. The van der Waals surface area contributed by atoms with Crippen LogP contribution in [0.25, 0.3) is 0 Å². The van der Waals surface area contributed by atoms with Gasteiger partial charge < -0.3 is 10.1 Å². The second kappa shape index (κ2) is 7.89. The van der Waals surface area contributed by atoms with Crippen LogP contribution in [0.15, 0.2) is 24.4 Å². The summed E-state index contributed by atoms with van der Waals surface area (Å²) in [7, 11) is 0. The van der Waals surface area contributed by atoms with Crippen molar-refractivity contribution in [2.45, 2.75) is 33.7 Å². The van der Waals surface area contributed by atoms with E-state index in [1.807, 2.05) is 6.92 Å². The van der Waals surface area contributed by atoms with Gasteiger partial charge in [0, 0.05) is 18.5 Å². The topological polar surface area (TPSA) is 34.1 Å². The minimum Gasteiger partial charge on any atom is -0.477 e. The minimum atomic E-state index is -0.339. The van der Waals surface area contributed by atoms with Crippen molar-refractivity contribution < 1.29 is 9.13 Å². The fourth-order valence-corrected chi connectivity index (χ4v) is 1.54. The van der Waals surface area contributed by atoms with Crippen molar-refractivity contribution in [3.05, 3.63) is 35.8 Å². The molecule has 0 saturated carbocycles. The van der Waals surface area contributed by atoms with Gasteiger partial charge in [0.2, 0.25) is 5.88 Å². The number of nitrogens with one attached hydrogen (secondary N) is 1. The Labute approximate surface area is 114 Å². The van der Waals surface area contributed by atoms with Crippen molar-refractivity contribution in [2.75, 3.05) is 13.2 Å². The molecule has 1 aromatic rings. The van der Waals surface area contributed by atoms with Gasteiger partial charge in [-0.2, -0.15) is 0 Å². The predicted molar refractivity (Wildman–Crippen MR) is 75.7 cm³/mol. The van der Waals surface area contributed by atoms with E-state index >= 15 is 0 Å². The molecule has 1 aromatic heterocycles. The highest BCUT2D eigenvalue weighted by atomic mass is 19.1. The van der Waals surface area contributed by atoms with Crippen molar-refractivity contribution in [2.24, 2.45) is 5.92 Å². The van der Waals surface area contributed by atoms with E-state index in [1.54, 1.807) is 0 Å². The number of halogens is 1. The molecule has 0 radical (unpaired) electrons. The van der Waals surface area contributed by atoms with Gasteiger partial charge in [0.25, 0.3) is 0 Å². The van der Waals surface area contributed by atoms with Crippen LogP contribution in [-0.2, 0) is 6.54 Å². The Morgan fingerprint density at radius 3 is 2.89 bits per heavy atom. The summed E-state index contributed by atoms with van der Waals surface area (Å²) in [5.41, 5.74) is 1.81. The average molecular weight is 266 g/mol. The molecule has 106 valence electrons. The zero-order valence-corrected chi connectivity index (χ0v) is 12.0. The van der Waals surface area contributed by atoms with Crippen LogP contribution in [0.2, 0.25) is 0 Å². The molecule has 1 N–H and O–H groups in total. The highest BCUT2D eigenvalue weighted by Crippen LogP contribution is 2.16. The van der Waals surface area contributed by atoms with Crippen LogP contribution < -0.4 is 10.1 Å². The first-order valence-corrected chi connectivity index (χ1v) is 6.61. The molecule has 0 unspecified atom stereocenters. The first-order valence-electron chi connectivity index (χ1n) is 6.61. The van der Waals surface area contributed by atoms with Crippen LogP contribution in [0.3, 0.4) is 0 Å². The van der Waals surface area contributed by atoms with Crippen molar-refractivity contribution in [1.82, 2.24) is 10.3 Å². The molecule has 0 aliphatic heterocycles. The molecule has 4 heteroatoms. The number of ether oxygens (including phenoxy) is 1. The van der Waals surface area contributed by atoms with Gasteiger partial charge in [-0.05, 0) is 25.5 Å². The summed E-state index contributed by atoms with van der Waals surface area (Å²) in [5, 5.41) is 3.26. The van der Waals surface area contributed by atoms with E-state index in [1.165, 1.54) is 12.3 Å². The van der Waals surface area contributed by atoms with Crippen molar-refractivity contribution >= 4 is 0 Å². The van der Waals surface area contributed by atoms with Crippen molar-refractivity contribution in [1.29, 1.82) is 0 Å². The fraction of sp³-hybridized carbons (Fsp3) is 0.533. The third-order valence-corrected chi connectivity index (χ3v) is 2.53. The van der Waals surface area contributed by atoms with Crippen molar-refractivity contribution in [3.63, 3.8) is 0 Å². The summed E-state index contributed by atoms with van der Waals surface area (Å²) in [4.78, 5) is 4.01. The third kappa shape index (κ3) is 6.34. The molecular formula is C15H23FN2O. The van der Waals surface area contributed by atoms with Gasteiger partial charge in [0.1, 0.15) is 5.82 Å². The van der Waals surface area contributed by atoms with E-state index in [0.29, 0.717) is 24.9 Å². The molecule has 0 aromatic carbocycles. The highest BCUT2D eigenvalue weighted by Gasteiger charge is 2.07. The maximum absolute atomic E-state index is 13.2. The van der Waals surface area contributed by atoms with E-state index in [0.717, 1.165) is 24.1 Å². The van der Waals surface area contributed by atoms with Gasteiger partial charge in [0.05, 0.1) is 12.8 Å². The Kier molecular flexibility index (Phi) is 6.50. The molecule has 1 rings (SSSR count). The molecule has 0 aliphatic carbocycles. The summed E-state index contributed by atoms with van der Waals surface area (Å²) in [6.45, 7) is 12.0. The summed E-state index contributed by atoms with van der Waals surface area (Å²) < 4.78 is 18.8. The minimum absolute atomic E-state index is 0.339. The maximum atomic E-state index is 13.2. The van der Waals surface area contributed by atoms with E-state index in [2.05, 4.69) is 30.7 Å². The van der Waals surface area contributed by atoms with E-state index in [-0.39, 0.29) is 5.82 Å². The number of hydrogen-bond donors (Lipinski definition) is 1. The van der Waals surface area contributed by atoms with Gasteiger partial charge in [-0.25, -0.2) is 9.37 Å². The number of rotatable bonds is 8. The van der Waals surface area contributed by atoms with Crippen LogP contribution in [0.5, 0.6) is 5.88 Å². The monoisotopic (exact) mass is 266 g/mol. The standard InChI is InChI=1S/C15H23FN2O/c1-11(2)5-6-19-15-13(7-14(16)10-18-15)9-17-8-12(3)4/h7,10,12,17H,1,5-6,8-9H2,2-4H3. The van der Waals surface area contributed by atoms with Crippen LogP contribution in [0, 0.1) is 11.7 Å². The Hall–Kier alpha value is -1.42. The molecule has 0 saturated heterocycles. The van der Waals surface area contributed by atoms with Gasteiger partial charge in [-0.3, -0.25) is 0 Å². The van der Waals surface area contributed by atoms with Crippen LogP contribution >= 0.6 is 0 Å². The van der Waals surface area contributed by atoms with Crippen LogP contribution in [0.1, 0.15) is 32.8 Å².